The molecule has 0 fully saturated rings. The van der Waals surface area contributed by atoms with E-state index >= 15 is 0 Å². The van der Waals surface area contributed by atoms with E-state index in [1.54, 1.807) is 17.8 Å². The van der Waals surface area contributed by atoms with Crippen LogP contribution in [0.5, 0.6) is 0 Å². The summed E-state index contributed by atoms with van der Waals surface area (Å²) in [6.45, 7) is 0.522. The van der Waals surface area contributed by atoms with Crippen molar-refractivity contribution in [2.75, 3.05) is 12.8 Å². The fourth-order valence-electron chi connectivity index (χ4n) is 2.38. The number of amides is 1. The molecule has 1 amide bonds. The van der Waals surface area contributed by atoms with Crippen molar-refractivity contribution in [3.8, 4) is 0 Å². The van der Waals surface area contributed by atoms with Crippen molar-refractivity contribution < 1.29 is 9.18 Å². The van der Waals surface area contributed by atoms with Gasteiger partial charge >= 0.3 is 0 Å². The van der Waals surface area contributed by atoms with Crippen molar-refractivity contribution in [1.29, 1.82) is 0 Å². The monoisotopic (exact) mass is 314 g/mol. The van der Waals surface area contributed by atoms with Gasteiger partial charge in [0, 0.05) is 16.9 Å². The maximum Gasteiger partial charge on any atom is 0.274 e. The van der Waals surface area contributed by atoms with Crippen LogP contribution < -0.4 is 0 Å². The topological polar surface area (TPSA) is 32.7 Å². The molecule has 1 heterocycles. The minimum Gasteiger partial charge on any atom is -0.267 e. The third-order valence-corrected chi connectivity index (χ3v) is 4.24. The molecule has 0 aromatic heterocycles. The van der Waals surface area contributed by atoms with E-state index in [1.807, 2.05) is 24.5 Å². The molecule has 0 aliphatic carbocycles. The molecule has 22 heavy (non-hydrogen) atoms. The number of rotatable bonds is 3. The molecule has 0 unspecified atom stereocenters. The van der Waals surface area contributed by atoms with Gasteiger partial charge in [-0.15, -0.1) is 11.8 Å². The molecule has 5 heteroatoms. The van der Waals surface area contributed by atoms with Gasteiger partial charge in [0.1, 0.15) is 5.82 Å². The van der Waals surface area contributed by atoms with E-state index in [0.717, 1.165) is 16.2 Å². The number of thioether (sulfide) groups is 1. The fourth-order valence-corrected chi connectivity index (χ4v) is 2.84. The van der Waals surface area contributed by atoms with E-state index in [9.17, 15) is 9.18 Å². The van der Waals surface area contributed by atoms with E-state index in [4.69, 9.17) is 0 Å². The van der Waals surface area contributed by atoms with Gasteiger partial charge in [0.15, 0.2) is 0 Å². The molecule has 2 aromatic carbocycles. The molecular weight excluding hydrogens is 299 g/mol. The van der Waals surface area contributed by atoms with E-state index in [-0.39, 0.29) is 5.91 Å². The molecular formula is C17H15FN2OS. The lowest BCUT2D eigenvalue weighted by Crippen LogP contribution is -2.23. The summed E-state index contributed by atoms with van der Waals surface area (Å²) in [6.07, 6.45) is 2.73. The number of benzene rings is 2. The Labute approximate surface area is 132 Å². The Kier molecular flexibility index (Phi) is 4.24. The summed E-state index contributed by atoms with van der Waals surface area (Å²) in [5.74, 6) is -0.683. The Morgan fingerprint density at radius 3 is 2.82 bits per heavy atom. The second kappa shape index (κ2) is 6.32. The highest BCUT2D eigenvalue weighted by atomic mass is 32.2. The molecule has 0 radical (unpaired) electrons. The van der Waals surface area contributed by atoms with Crippen molar-refractivity contribution in [3.63, 3.8) is 0 Å². The van der Waals surface area contributed by atoms with Crippen LogP contribution in [0.15, 0.2) is 58.5 Å². The molecule has 0 N–H and O–H groups in total. The maximum atomic E-state index is 13.2. The highest BCUT2D eigenvalue weighted by molar-refractivity contribution is 7.98. The zero-order valence-electron chi connectivity index (χ0n) is 12.1. The van der Waals surface area contributed by atoms with E-state index < -0.39 is 5.82 Å². The molecule has 3 rings (SSSR count). The summed E-state index contributed by atoms with van der Waals surface area (Å²) in [4.78, 5) is 13.5. The van der Waals surface area contributed by atoms with E-state index in [1.165, 1.54) is 23.2 Å². The van der Waals surface area contributed by atoms with Gasteiger partial charge in [0.2, 0.25) is 0 Å². The first-order valence-corrected chi connectivity index (χ1v) is 8.19. The lowest BCUT2D eigenvalue weighted by molar-refractivity contribution is 0.0778. The summed E-state index contributed by atoms with van der Waals surface area (Å²) in [6, 6.07) is 13.8. The molecule has 0 bridgehead atoms. The first-order chi connectivity index (χ1) is 10.7. The zero-order chi connectivity index (χ0) is 15.5. The molecule has 0 saturated heterocycles. The van der Waals surface area contributed by atoms with Crippen LogP contribution in [0.1, 0.15) is 22.3 Å². The molecule has 2 aromatic rings. The van der Waals surface area contributed by atoms with Crippen LogP contribution >= 0.6 is 11.8 Å². The largest absolute Gasteiger partial charge is 0.274 e. The zero-order valence-corrected chi connectivity index (χ0v) is 12.9. The smallest absolute Gasteiger partial charge is 0.267 e. The van der Waals surface area contributed by atoms with Crippen LogP contribution in [0.3, 0.4) is 0 Å². The Bertz CT molecular complexity index is 745. The standard InChI is InChI=1S/C17H15FN2OS/c1-22-15-7-3-4-12(11-15)16-8-9-20(19-16)17(21)13-5-2-6-14(18)10-13/h2-7,10-11H,8-9H2,1H3. The van der Waals surface area contributed by atoms with Gasteiger partial charge in [0.05, 0.1) is 12.3 Å². The average molecular weight is 314 g/mol. The van der Waals surface area contributed by atoms with Crippen molar-refractivity contribution >= 4 is 23.4 Å². The minimum atomic E-state index is -0.415. The van der Waals surface area contributed by atoms with Gasteiger partial charge in [-0.05, 0) is 42.2 Å². The summed E-state index contributed by atoms with van der Waals surface area (Å²) in [5, 5.41) is 5.82. The van der Waals surface area contributed by atoms with Gasteiger partial charge in [-0.25, -0.2) is 9.40 Å². The van der Waals surface area contributed by atoms with Crippen LogP contribution in [-0.4, -0.2) is 29.4 Å². The maximum absolute atomic E-state index is 13.2. The number of carbonyl (C=O) groups excluding carboxylic acids is 1. The minimum absolute atomic E-state index is 0.268. The molecule has 1 aliphatic rings. The highest BCUT2D eigenvalue weighted by Gasteiger charge is 2.23. The average Bonchev–Trinajstić information content (AvgIpc) is 3.04. The van der Waals surface area contributed by atoms with Crippen LogP contribution in [0.2, 0.25) is 0 Å². The molecule has 3 nitrogen and oxygen atoms in total. The third kappa shape index (κ3) is 3.04. The normalized spacial score (nSPS) is 14.1. The fraction of sp³-hybridized carbons (Fsp3) is 0.176. The SMILES string of the molecule is CSc1cccc(C2=NN(C(=O)c3cccc(F)c3)CC2)c1. The molecule has 112 valence electrons. The molecule has 1 aliphatic heterocycles. The summed E-state index contributed by atoms with van der Waals surface area (Å²) in [7, 11) is 0. The first-order valence-electron chi connectivity index (χ1n) is 6.97. The molecule has 0 saturated carbocycles. The van der Waals surface area contributed by atoms with Gasteiger partial charge in [-0.2, -0.15) is 5.10 Å². The van der Waals surface area contributed by atoms with Crippen LogP contribution in [0.4, 0.5) is 4.39 Å². The number of carbonyl (C=O) groups is 1. The number of nitrogens with zero attached hydrogens (tertiary/aromatic N) is 2. The van der Waals surface area contributed by atoms with Gasteiger partial charge in [-0.1, -0.05) is 18.2 Å². The summed E-state index contributed by atoms with van der Waals surface area (Å²) >= 11 is 1.67. The Morgan fingerprint density at radius 1 is 1.23 bits per heavy atom. The van der Waals surface area contributed by atoms with Crippen LogP contribution in [0, 0.1) is 5.82 Å². The van der Waals surface area contributed by atoms with Gasteiger partial charge in [-0.3, -0.25) is 4.79 Å². The number of halogens is 1. The van der Waals surface area contributed by atoms with Crippen molar-refractivity contribution in [3.05, 3.63) is 65.5 Å². The lowest BCUT2D eigenvalue weighted by Gasteiger charge is -2.11. The predicted molar refractivity (Wildman–Crippen MR) is 86.8 cm³/mol. The first kappa shape index (κ1) is 14.8. The van der Waals surface area contributed by atoms with E-state index in [2.05, 4.69) is 11.2 Å². The van der Waals surface area contributed by atoms with Gasteiger partial charge < -0.3 is 0 Å². The van der Waals surface area contributed by atoms with Crippen LogP contribution in [-0.2, 0) is 0 Å². The van der Waals surface area contributed by atoms with E-state index in [0.29, 0.717) is 18.5 Å². The van der Waals surface area contributed by atoms with Crippen molar-refractivity contribution in [2.24, 2.45) is 5.10 Å². The quantitative estimate of drug-likeness (QED) is 0.807. The van der Waals surface area contributed by atoms with Crippen LogP contribution in [0.25, 0.3) is 0 Å². The van der Waals surface area contributed by atoms with Crippen molar-refractivity contribution in [1.82, 2.24) is 5.01 Å². The summed E-state index contributed by atoms with van der Waals surface area (Å²) < 4.78 is 13.2. The molecule has 0 atom stereocenters. The third-order valence-electron chi connectivity index (χ3n) is 3.51. The predicted octanol–water partition coefficient (Wildman–Crippen LogP) is 3.80. The number of hydrogen-bond donors (Lipinski definition) is 0. The Balaban J connectivity index is 1.83. The van der Waals surface area contributed by atoms with Crippen molar-refractivity contribution in [2.45, 2.75) is 11.3 Å². The Morgan fingerprint density at radius 2 is 2.05 bits per heavy atom. The second-order valence-electron chi connectivity index (χ2n) is 4.97. The van der Waals surface area contributed by atoms with Gasteiger partial charge in [0.25, 0.3) is 5.91 Å². The Hall–Kier alpha value is -2.14. The number of hydrazone groups is 1. The number of hydrogen-bond acceptors (Lipinski definition) is 3. The lowest BCUT2D eigenvalue weighted by atomic mass is 10.1. The highest BCUT2D eigenvalue weighted by Crippen LogP contribution is 2.21. The molecule has 0 spiro atoms. The summed E-state index contributed by atoms with van der Waals surface area (Å²) in [5.41, 5.74) is 2.24. The second-order valence-corrected chi connectivity index (χ2v) is 5.85.